The predicted octanol–water partition coefficient (Wildman–Crippen LogP) is 3.14. The average Bonchev–Trinajstić information content (AvgIpc) is 3.27. The highest BCUT2D eigenvalue weighted by atomic mass is 19.1. The van der Waals surface area contributed by atoms with Crippen molar-refractivity contribution < 1.29 is 23.8 Å². The normalized spacial score (nSPS) is 11.9. The van der Waals surface area contributed by atoms with Crippen LogP contribution < -0.4 is 15.2 Å². The number of nitrogens with zero attached hydrogens (tertiary/aromatic N) is 4. The number of halogens is 1. The van der Waals surface area contributed by atoms with Crippen LogP contribution in [0.4, 0.5) is 10.2 Å². The van der Waals surface area contributed by atoms with Gasteiger partial charge in [-0.3, -0.25) is 0 Å². The van der Waals surface area contributed by atoms with Gasteiger partial charge in [0.2, 0.25) is 5.88 Å². The number of aliphatic carboxylic acids is 1. The van der Waals surface area contributed by atoms with Gasteiger partial charge in [0.25, 0.3) is 0 Å². The minimum Gasteiger partial charge on any atom is -0.480 e. The number of hydrogen-bond donors (Lipinski definition) is 2. The number of carboxylic acid groups (broad SMARTS) is 1. The molecule has 0 unspecified atom stereocenters. The molecule has 1 aromatic carbocycles. The van der Waals surface area contributed by atoms with E-state index in [0.717, 1.165) is 0 Å². The van der Waals surface area contributed by atoms with E-state index >= 15 is 0 Å². The fraction of sp³-hybridized carbons (Fsp3) is 0.143. The van der Waals surface area contributed by atoms with Gasteiger partial charge in [0.1, 0.15) is 17.6 Å². The summed E-state index contributed by atoms with van der Waals surface area (Å²) in [5.74, 6) is -0.994. The summed E-state index contributed by atoms with van der Waals surface area (Å²) in [6.07, 6.45) is 2.70. The van der Waals surface area contributed by atoms with Crippen molar-refractivity contribution in [3.05, 3.63) is 66.4 Å². The summed E-state index contributed by atoms with van der Waals surface area (Å²) in [5, 5.41) is 13.6. The largest absolute Gasteiger partial charge is 0.480 e. The van der Waals surface area contributed by atoms with Crippen LogP contribution in [0.25, 0.3) is 16.6 Å². The molecular weight excluding hydrogens is 405 g/mol. The molecule has 0 aliphatic carbocycles. The molecule has 0 radical (unpaired) electrons. The maximum absolute atomic E-state index is 13.6. The summed E-state index contributed by atoms with van der Waals surface area (Å²) in [6.45, 7) is 1.21. The van der Waals surface area contributed by atoms with Crippen LogP contribution in [0.3, 0.4) is 0 Å². The van der Waals surface area contributed by atoms with Gasteiger partial charge in [0, 0.05) is 23.8 Å². The van der Waals surface area contributed by atoms with Gasteiger partial charge in [0.15, 0.2) is 18.2 Å². The molecule has 0 amide bonds. The molecule has 1 atom stereocenters. The number of nitrogen functional groups attached to an aromatic ring is 1. The lowest BCUT2D eigenvalue weighted by atomic mass is 10.2. The fourth-order valence-corrected chi connectivity index (χ4v) is 3.05. The van der Waals surface area contributed by atoms with E-state index in [0.29, 0.717) is 22.3 Å². The zero-order valence-corrected chi connectivity index (χ0v) is 16.4. The first-order valence-electron chi connectivity index (χ1n) is 9.28. The van der Waals surface area contributed by atoms with Gasteiger partial charge in [-0.25, -0.2) is 23.8 Å². The smallest absolute Gasteiger partial charge is 0.341 e. The van der Waals surface area contributed by atoms with E-state index in [1.807, 2.05) is 0 Å². The quantitative estimate of drug-likeness (QED) is 0.464. The lowest BCUT2D eigenvalue weighted by molar-refractivity contribution is -0.139. The molecule has 3 N–H and O–H groups in total. The number of fused-ring (bicyclic) bond motifs is 1. The van der Waals surface area contributed by atoms with Crippen LogP contribution in [0.15, 0.2) is 54.9 Å². The predicted molar refractivity (Wildman–Crippen MR) is 110 cm³/mol. The first kappa shape index (κ1) is 20.1. The van der Waals surface area contributed by atoms with Gasteiger partial charge in [-0.05, 0) is 43.3 Å². The van der Waals surface area contributed by atoms with E-state index in [1.54, 1.807) is 48.3 Å². The Kier molecular flexibility index (Phi) is 5.35. The van der Waals surface area contributed by atoms with E-state index in [-0.39, 0.29) is 17.4 Å². The molecule has 158 valence electrons. The summed E-state index contributed by atoms with van der Waals surface area (Å²) in [5.41, 5.74) is 7.62. The molecule has 4 aromatic rings. The van der Waals surface area contributed by atoms with Crippen molar-refractivity contribution in [1.29, 1.82) is 0 Å². The zero-order valence-electron chi connectivity index (χ0n) is 16.4. The van der Waals surface area contributed by atoms with E-state index in [9.17, 15) is 9.18 Å². The van der Waals surface area contributed by atoms with Crippen LogP contribution in [0.1, 0.15) is 18.7 Å². The van der Waals surface area contributed by atoms with Gasteiger partial charge in [0.05, 0.1) is 11.2 Å². The topological polar surface area (TPSA) is 125 Å². The van der Waals surface area contributed by atoms with E-state index in [4.69, 9.17) is 20.3 Å². The standard InChI is InChI=1S/C21H18FN5O4/c1-12(31-17-10-13-9-14(22)3-4-15(13)25-21(17)23)20-16(27-8-2-7-24-27)5-6-18(26-20)30-11-19(28)29/h2-10,12H,11H2,1H3,(H2,23,25)(H,28,29)/t12-/m0/s1. The van der Waals surface area contributed by atoms with Gasteiger partial charge in [-0.15, -0.1) is 0 Å². The van der Waals surface area contributed by atoms with Crippen LogP contribution in [0.2, 0.25) is 0 Å². The number of pyridine rings is 2. The summed E-state index contributed by atoms with van der Waals surface area (Å²) in [7, 11) is 0. The van der Waals surface area contributed by atoms with Gasteiger partial charge >= 0.3 is 5.97 Å². The SMILES string of the molecule is C[C@H](Oc1cc2cc(F)ccc2nc1N)c1nc(OCC(=O)O)ccc1-n1cccn1. The maximum Gasteiger partial charge on any atom is 0.341 e. The van der Waals surface area contributed by atoms with Crippen molar-refractivity contribution in [3.63, 3.8) is 0 Å². The molecule has 10 heteroatoms. The monoisotopic (exact) mass is 423 g/mol. The second-order valence-electron chi connectivity index (χ2n) is 6.66. The molecule has 3 aromatic heterocycles. The molecule has 0 saturated carbocycles. The van der Waals surface area contributed by atoms with Crippen molar-refractivity contribution in [2.24, 2.45) is 0 Å². The molecule has 0 spiro atoms. The number of nitrogens with two attached hydrogens (primary N) is 1. The van der Waals surface area contributed by atoms with Crippen LogP contribution in [-0.2, 0) is 4.79 Å². The van der Waals surface area contributed by atoms with Crippen molar-refractivity contribution in [2.45, 2.75) is 13.0 Å². The van der Waals surface area contributed by atoms with E-state index < -0.39 is 24.5 Å². The number of anilines is 1. The lowest BCUT2D eigenvalue weighted by Gasteiger charge is -2.19. The van der Waals surface area contributed by atoms with Gasteiger partial charge in [-0.1, -0.05) is 0 Å². The Labute approximate surface area is 175 Å². The number of hydrogen-bond acceptors (Lipinski definition) is 7. The van der Waals surface area contributed by atoms with Crippen LogP contribution in [-0.4, -0.2) is 37.4 Å². The van der Waals surface area contributed by atoms with Crippen LogP contribution in [0.5, 0.6) is 11.6 Å². The molecule has 0 saturated heterocycles. The van der Waals surface area contributed by atoms with Gasteiger partial charge in [-0.2, -0.15) is 5.10 Å². The molecule has 0 bridgehead atoms. The lowest BCUT2D eigenvalue weighted by Crippen LogP contribution is -2.15. The highest BCUT2D eigenvalue weighted by Crippen LogP contribution is 2.31. The maximum atomic E-state index is 13.6. The first-order valence-corrected chi connectivity index (χ1v) is 9.28. The van der Waals surface area contributed by atoms with Crippen LogP contribution in [0, 0.1) is 5.82 Å². The number of rotatable bonds is 7. The Morgan fingerprint density at radius 3 is 2.84 bits per heavy atom. The third-order valence-electron chi connectivity index (χ3n) is 4.43. The minimum atomic E-state index is -1.12. The fourth-order valence-electron chi connectivity index (χ4n) is 3.05. The molecule has 0 fully saturated rings. The molecule has 0 aliphatic rings. The second-order valence-corrected chi connectivity index (χ2v) is 6.66. The number of benzene rings is 1. The number of carboxylic acids is 1. The summed E-state index contributed by atoms with van der Waals surface area (Å²) < 4.78 is 26.4. The highest BCUT2D eigenvalue weighted by Gasteiger charge is 2.19. The van der Waals surface area contributed by atoms with Gasteiger partial charge < -0.3 is 20.3 Å². The summed E-state index contributed by atoms with van der Waals surface area (Å²) in [6, 6.07) is 10.8. The number of ether oxygens (including phenoxy) is 2. The third-order valence-corrected chi connectivity index (χ3v) is 4.43. The van der Waals surface area contributed by atoms with Crippen molar-refractivity contribution >= 4 is 22.7 Å². The Hall–Kier alpha value is -4.21. The molecular formula is C21H18FN5O4. The van der Waals surface area contributed by atoms with Crippen molar-refractivity contribution in [3.8, 4) is 17.3 Å². The Morgan fingerprint density at radius 2 is 2.10 bits per heavy atom. The Bertz CT molecular complexity index is 1250. The Balaban J connectivity index is 1.70. The molecule has 9 nitrogen and oxygen atoms in total. The molecule has 3 heterocycles. The third kappa shape index (κ3) is 4.37. The molecule has 4 rings (SSSR count). The second kappa shape index (κ2) is 8.27. The highest BCUT2D eigenvalue weighted by molar-refractivity contribution is 5.82. The summed E-state index contributed by atoms with van der Waals surface area (Å²) >= 11 is 0. The van der Waals surface area contributed by atoms with Crippen molar-refractivity contribution in [1.82, 2.24) is 19.7 Å². The zero-order chi connectivity index (χ0) is 22.0. The van der Waals surface area contributed by atoms with Crippen molar-refractivity contribution in [2.75, 3.05) is 12.3 Å². The van der Waals surface area contributed by atoms with Crippen LogP contribution >= 0.6 is 0 Å². The van der Waals surface area contributed by atoms with E-state index in [2.05, 4.69) is 15.1 Å². The Morgan fingerprint density at radius 1 is 1.26 bits per heavy atom. The molecule has 0 aliphatic heterocycles. The molecule has 31 heavy (non-hydrogen) atoms. The van der Waals surface area contributed by atoms with E-state index in [1.165, 1.54) is 18.2 Å². The minimum absolute atomic E-state index is 0.121. The number of aromatic nitrogens is 4. The first-order chi connectivity index (χ1) is 14.9. The average molecular weight is 423 g/mol. The summed E-state index contributed by atoms with van der Waals surface area (Å²) in [4.78, 5) is 19.5. The number of carbonyl (C=O) groups is 1.